The maximum Gasteiger partial charge on any atom is 0.339 e. The lowest BCUT2D eigenvalue weighted by atomic mass is 10.3. The Kier molecular flexibility index (Phi) is 4.37. The van der Waals surface area contributed by atoms with Crippen molar-refractivity contribution in [2.75, 3.05) is 18.5 Å². The standard InChI is InChI=1S/C10H13ClN2O2/c1-3-12-9-8(11)5-7(6-13-9)10(14)15-4-2/h5-6H,3-4H2,1-2H3,(H,12,13). The van der Waals surface area contributed by atoms with Crippen molar-refractivity contribution < 1.29 is 9.53 Å². The summed E-state index contributed by atoms with van der Waals surface area (Å²) >= 11 is 5.92. The lowest BCUT2D eigenvalue weighted by Crippen LogP contribution is -2.07. The molecule has 0 amide bonds. The molecule has 1 aromatic heterocycles. The first kappa shape index (κ1) is 11.8. The molecule has 15 heavy (non-hydrogen) atoms. The van der Waals surface area contributed by atoms with Crippen molar-refractivity contribution >= 4 is 23.4 Å². The highest BCUT2D eigenvalue weighted by Crippen LogP contribution is 2.20. The minimum absolute atomic E-state index is 0.339. The molecule has 0 aliphatic rings. The van der Waals surface area contributed by atoms with E-state index < -0.39 is 5.97 Å². The Morgan fingerprint density at radius 2 is 2.33 bits per heavy atom. The summed E-state index contributed by atoms with van der Waals surface area (Å²) < 4.78 is 4.82. The van der Waals surface area contributed by atoms with E-state index in [4.69, 9.17) is 16.3 Å². The number of carbonyl (C=O) groups is 1. The van der Waals surface area contributed by atoms with Gasteiger partial charge in [0.15, 0.2) is 0 Å². The van der Waals surface area contributed by atoms with Gasteiger partial charge in [-0.2, -0.15) is 0 Å². The van der Waals surface area contributed by atoms with Gasteiger partial charge in [-0.05, 0) is 19.9 Å². The molecule has 1 rings (SSSR count). The molecule has 82 valence electrons. The zero-order valence-electron chi connectivity index (χ0n) is 8.71. The molecular formula is C10H13ClN2O2. The molecule has 0 aromatic carbocycles. The minimum atomic E-state index is -0.407. The van der Waals surface area contributed by atoms with Gasteiger partial charge in [0.2, 0.25) is 0 Å². The van der Waals surface area contributed by atoms with Crippen LogP contribution in [0.25, 0.3) is 0 Å². The van der Waals surface area contributed by atoms with Crippen LogP contribution in [0.1, 0.15) is 24.2 Å². The number of halogens is 1. The van der Waals surface area contributed by atoms with Crippen LogP contribution >= 0.6 is 11.6 Å². The van der Waals surface area contributed by atoms with E-state index in [1.54, 1.807) is 13.0 Å². The van der Waals surface area contributed by atoms with Crippen LogP contribution < -0.4 is 5.32 Å². The smallest absolute Gasteiger partial charge is 0.339 e. The van der Waals surface area contributed by atoms with Crippen molar-refractivity contribution in [3.05, 3.63) is 22.8 Å². The van der Waals surface area contributed by atoms with Gasteiger partial charge in [0.25, 0.3) is 0 Å². The molecule has 1 heterocycles. The molecule has 0 bridgehead atoms. The predicted octanol–water partition coefficient (Wildman–Crippen LogP) is 2.34. The highest BCUT2D eigenvalue weighted by molar-refractivity contribution is 6.33. The number of nitrogens with zero attached hydrogens (tertiary/aromatic N) is 1. The van der Waals surface area contributed by atoms with Gasteiger partial charge in [-0.1, -0.05) is 11.6 Å². The summed E-state index contributed by atoms with van der Waals surface area (Å²) in [7, 11) is 0. The number of aromatic nitrogens is 1. The fraction of sp³-hybridized carbons (Fsp3) is 0.400. The average molecular weight is 229 g/mol. The molecule has 5 heteroatoms. The molecule has 1 N–H and O–H groups in total. The molecular weight excluding hydrogens is 216 g/mol. The molecule has 0 fully saturated rings. The molecule has 0 atom stereocenters. The lowest BCUT2D eigenvalue weighted by molar-refractivity contribution is 0.0526. The summed E-state index contributed by atoms with van der Waals surface area (Å²) in [6.07, 6.45) is 1.45. The van der Waals surface area contributed by atoms with Crippen molar-refractivity contribution in [2.45, 2.75) is 13.8 Å². The number of hydrogen-bond acceptors (Lipinski definition) is 4. The van der Waals surface area contributed by atoms with Crippen molar-refractivity contribution in [3.8, 4) is 0 Å². The van der Waals surface area contributed by atoms with E-state index in [2.05, 4.69) is 10.3 Å². The summed E-state index contributed by atoms with van der Waals surface area (Å²) in [5, 5.41) is 3.40. The van der Waals surface area contributed by atoms with E-state index in [1.165, 1.54) is 6.20 Å². The average Bonchev–Trinajstić information content (AvgIpc) is 2.21. The Morgan fingerprint density at radius 1 is 1.60 bits per heavy atom. The fourth-order valence-electron chi connectivity index (χ4n) is 1.06. The molecule has 1 aromatic rings. The minimum Gasteiger partial charge on any atom is -0.462 e. The molecule has 0 unspecified atom stereocenters. The topological polar surface area (TPSA) is 51.2 Å². The Hall–Kier alpha value is -1.29. The molecule has 0 spiro atoms. The quantitative estimate of drug-likeness (QED) is 0.804. The van der Waals surface area contributed by atoms with Gasteiger partial charge in [-0.15, -0.1) is 0 Å². The van der Waals surface area contributed by atoms with E-state index in [-0.39, 0.29) is 0 Å². The van der Waals surface area contributed by atoms with Crippen LogP contribution in [0, 0.1) is 0 Å². The SMILES string of the molecule is CCNc1ncc(C(=O)OCC)cc1Cl. The third kappa shape index (κ3) is 3.09. The van der Waals surface area contributed by atoms with Crippen molar-refractivity contribution in [1.29, 1.82) is 0 Å². The number of ether oxygens (including phenoxy) is 1. The largest absolute Gasteiger partial charge is 0.462 e. The number of pyridine rings is 1. The highest BCUT2D eigenvalue weighted by Gasteiger charge is 2.09. The van der Waals surface area contributed by atoms with Gasteiger partial charge >= 0.3 is 5.97 Å². The number of rotatable bonds is 4. The zero-order chi connectivity index (χ0) is 11.3. The van der Waals surface area contributed by atoms with Gasteiger partial charge in [0, 0.05) is 12.7 Å². The molecule has 0 aliphatic carbocycles. The summed E-state index contributed by atoms with van der Waals surface area (Å²) in [5.74, 6) is 0.169. The molecule has 0 aliphatic heterocycles. The van der Waals surface area contributed by atoms with E-state index >= 15 is 0 Å². The first-order chi connectivity index (χ1) is 7.19. The first-order valence-electron chi connectivity index (χ1n) is 4.75. The van der Waals surface area contributed by atoms with Crippen LogP contribution in [0.2, 0.25) is 5.02 Å². The predicted molar refractivity (Wildman–Crippen MR) is 59.4 cm³/mol. The maximum atomic E-state index is 11.3. The summed E-state index contributed by atoms with van der Waals surface area (Å²) in [4.78, 5) is 15.4. The molecule has 0 saturated carbocycles. The van der Waals surface area contributed by atoms with E-state index in [0.717, 1.165) is 6.54 Å². The Balaban J connectivity index is 2.86. The zero-order valence-corrected chi connectivity index (χ0v) is 9.47. The number of hydrogen-bond donors (Lipinski definition) is 1. The maximum absolute atomic E-state index is 11.3. The Bertz CT molecular complexity index is 355. The normalized spacial score (nSPS) is 9.80. The number of carbonyl (C=O) groups excluding carboxylic acids is 1. The van der Waals surface area contributed by atoms with Gasteiger partial charge in [-0.25, -0.2) is 9.78 Å². The third-order valence-corrected chi connectivity index (χ3v) is 1.98. The number of anilines is 1. The Morgan fingerprint density at radius 3 is 2.87 bits per heavy atom. The number of nitrogens with one attached hydrogen (secondary N) is 1. The Labute approximate surface area is 93.6 Å². The van der Waals surface area contributed by atoms with Crippen molar-refractivity contribution in [1.82, 2.24) is 4.98 Å². The van der Waals surface area contributed by atoms with Crippen LogP contribution in [0.15, 0.2) is 12.3 Å². The van der Waals surface area contributed by atoms with Gasteiger partial charge in [-0.3, -0.25) is 0 Å². The lowest BCUT2D eigenvalue weighted by Gasteiger charge is -2.06. The summed E-state index contributed by atoms with van der Waals surface area (Å²) in [6.45, 7) is 4.76. The second kappa shape index (κ2) is 5.56. The first-order valence-corrected chi connectivity index (χ1v) is 5.13. The molecule has 0 saturated heterocycles. The van der Waals surface area contributed by atoms with E-state index in [1.807, 2.05) is 6.92 Å². The van der Waals surface area contributed by atoms with Crippen molar-refractivity contribution in [3.63, 3.8) is 0 Å². The second-order valence-electron chi connectivity index (χ2n) is 2.81. The van der Waals surface area contributed by atoms with Crippen LogP contribution in [0.3, 0.4) is 0 Å². The third-order valence-electron chi connectivity index (χ3n) is 1.70. The van der Waals surface area contributed by atoms with E-state index in [9.17, 15) is 4.79 Å². The molecule has 4 nitrogen and oxygen atoms in total. The highest BCUT2D eigenvalue weighted by atomic mass is 35.5. The van der Waals surface area contributed by atoms with Gasteiger partial charge in [0.05, 0.1) is 17.2 Å². The van der Waals surface area contributed by atoms with Crippen molar-refractivity contribution in [2.24, 2.45) is 0 Å². The monoisotopic (exact) mass is 228 g/mol. The summed E-state index contributed by atoms with van der Waals surface area (Å²) in [6, 6.07) is 1.55. The number of esters is 1. The summed E-state index contributed by atoms with van der Waals surface area (Å²) in [5.41, 5.74) is 0.364. The van der Waals surface area contributed by atoms with Gasteiger partial charge in [0.1, 0.15) is 5.82 Å². The van der Waals surface area contributed by atoms with Crippen LogP contribution in [0.5, 0.6) is 0 Å². The second-order valence-corrected chi connectivity index (χ2v) is 3.21. The fourth-order valence-corrected chi connectivity index (χ4v) is 1.29. The van der Waals surface area contributed by atoms with Crippen LogP contribution in [-0.4, -0.2) is 24.1 Å². The van der Waals surface area contributed by atoms with Crippen LogP contribution in [0.4, 0.5) is 5.82 Å². The van der Waals surface area contributed by atoms with Gasteiger partial charge < -0.3 is 10.1 Å². The van der Waals surface area contributed by atoms with E-state index in [0.29, 0.717) is 23.0 Å². The van der Waals surface area contributed by atoms with Crippen LogP contribution in [-0.2, 0) is 4.74 Å². The molecule has 0 radical (unpaired) electrons.